The van der Waals surface area contributed by atoms with Crippen molar-refractivity contribution in [2.45, 2.75) is 32.7 Å². The minimum Gasteiger partial charge on any atom is -0.481 e. The summed E-state index contributed by atoms with van der Waals surface area (Å²) in [5, 5.41) is 8.58. The van der Waals surface area contributed by atoms with E-state index in [9.17, 15) is 9.59 Å². The summed E-state index contributed by atoms with van der Waals surface area (Å²) in [5.74, 6) is -0.920. The maximum atomic E-state index is 12.1. The summed E-state index contributed by atoms with van der Waals surface area (Å²) in [5.41, 5.74) is 0.536. The van der Waals surface area contributed by atoms with Gasteiger partial charge in [-0.1, -0.05) is 0 Å². The molecule has 0 bridgehead atoms. The van der Waals surface area contributed by atoms with Crippen LogP contribution in [0.3, 0.4) is 0 Å². The van der Waals surface area contributed by atoms with Crippen LogP contribution in [0, 0.1) is 0 Å². The van der Waals surface area contributed by atoms with Gasteiger partial charge in [0, 0.05) is 25.2 Å². The molecule has 1 aromatic rings. The van der Waals surface area contributed by atoms with Gasteiger partial charge in [0.1, 0.15) is 5.69 Å². The van der Waals surface area contributed by atoms with E-state index >= 15 is 0 Å². The summed E-state index contributed by atoms with van der Waals surface area (Å²) in [6.07, 6.45) is 2.25. The SMILES string of the molecule is CC(C)N(CCCC(=O)O)C(=O)c1ccc[nH]1. The van der Waals surface area contributed by atoms with Gasteiger partial charge in [0.05, 0.1) is 0 Å². The van der Waals surface area contributed by atoms with Crippen molar-refractivity contribution in [1.29, 1.82) is 0 Å². The Labute approximate surface area is 100 Å². The third-order valence-corrected chi connectivity index (χ3v) is 2.50. The second-order valence-electron chi connectivity index (χ2n) is 4.17. The van der Waals surface area contributed by atoms with E-state index in [2.05, 4.69) is 4.98 Å². The molecule has 0 aromatic carbocycles. The Kier molecular flexibility index (Phi) is 4.75. The Bertz CT molecular complexity index is 371. The third kappa shape index (κ3) is 3.94. The maximum absolute atomic E-state index is 12.1. The summed E-state index contributed by atoms with van der Waals surface area (Å²) in [6, 6.07) is 3.54. The Hall–Kier alpha value is -1.78. The number of hydrogen-bond donors (Lipinski definition) is 2. The molecule has 0 saturated heterocycles. The number of aliphatic carboxylic acids is 1. The summed E-state index contributed by atoms with van der Waals surface area (Å²) < 4.78 is 0. The summed E-state index contributed by atoms with van der Waals surface area (Å²) >= 11 is 0. The summed E-state index contributed by atoms with van der Waals surface area (Å²) in [7, 11) is 0. The molecule has 2 N–H and O–H groups in total. The molecule has 0 aliphatic carbocycles. The molecule has 0 aliphatic heterocycles. The number of nitrogens with one attached hydrogen (secondary N) is 1. The van der Waals surface area contributed by atoms with Crippen molar-refractivity contribution in [3.8, 4) is 0 Å². The average Bonchev–Trinajstić information content (AvgIpc) is 2.75. The van der Waals surface area contributed by atoms with E-state index in [0.29, 0.717) is 18.7 Å². The molecule has 5 heteroatoms. The van der Waals surface area contributed by atoms with Crippen LogP contribution < -0.4 is 0 Å². The van der Waals surface area contributed by atoms with Crippen molar-refractivity contribution in [3.05, 3.63) is 24.0 Å². The quantitative estimate of drug-likeness (QED) is 0.792. The van der Waals surface area contributed by atoms with Gasteiger partial charge < -0.3 is 15.0 Å². The van der Waals surface area contributed by atoms with Crippen LogP contribution >= 0.6 is 0 Å². The number of aromatic amines is 1. The zero-order valence-electron chi connectivity index (χ0n) is 10.1. The molecule has 94 valence electrons. The molecule has 0 aliphatic rings. The number of amides is 1. The minimum absolute atomic E-state index is 0.0552. The van der Waals surface area contributed by atoms with Crippen molar-refractivity contribution in [3.63, 3.8) is 0 Å². The molecular weight excluding hydrogens is 220 g/mol. The first-order chi connectivity index (χ1) is 8.02. The van der Waals surface area contributed by atoms with Gasteiger partial charge in [0.15, 0.2) is 0 Å². The van der Waals surface area contributed by atoms with E-state index in [1.807, 2.05) is 13.8 Å². The first-order valence-corrected chi connectivity index (χ1v) is 5.68. The van der Waals surface area contributed by atoms with Gasteiger partial charge in [-0.2, -0.15) is 0 Å². The molecular formula is C12H18N2O3. The number of carboxylic acids is 1. The molecule has 1 amide bonds. The highest BCUT2D eigenvalue weighted by molar-refractivity contribution is 5.92. The lowest BCUT2D eigenvalue weighted by molar-refractivity contribution is -0.137. The van der Waals surface area contributed by atoms with Crippen molar-refractivity contribution in [2.24, 2.45) is 0 Å². The molecule has 0 spiro atoms. The van der Waals surface area contributed by atoms with Crippen molar-refractivity contribution in [1.82, 2.24) is 9.88 Å². The van der Waals surface area contributed by atoms with Crippen LogP contribution in [-0.2, 0) is 4.79 Å². The zero-order valence-corrected chi connectivity index (χ0v) is 10.1. The Balaban J connectivity index is 2.60. The van der Waals surface area contributed by atoms with Crippen LogP contribution in [0.5, 0.6) is 0 Å². The number of aromatic nitrogens is 1. The van der Waals surface area contributed by atoms with Crippen LogP contribution in [0.2, 0.25) is 0 Å². The molecule has 0 saturated carbocycles. The second-order valence-corrected chi connectivity index (χ2v) is 4.17. The standard InChI is InChI=1S/C12H18N2O3/c1-9(2)14(8-4-6-11(15)16)12(17)10-5-3-7-13-10/h3,5,7,9,13H,4,6,8H2,1-2H3,(H,15,16). The number of carbonyl (C=O) groups is 2. The third-order valence-electron chi connectivity index (χ3n) is 2.50. The number of rotatable bonds is 6. The van der Waals surface area contributed by atoms with E-state index < -0.39 is 5.97 Å². The first-order valence-electron chi connectivity index (χ1n) is 5.68. The highest BCUT2D eigenvalue weighted by Crippen LogP contribution is 2.08. The van der Waals surface area contributed by atoms with Crippen LogP contribution in [0.4, 0.5) is 0 Å². The van der Waals surface area contributed by atoms with Gasteiger partial charge in [-0.05, 0) is 32.4 Å². The smallest absolute Gasteiger partial charge is 0.303 e. The summed E-state index contributed by atoms with van der Waals surface area (Å²) in [6.45, 7) is 4.30. The predicted octanol–water partition coefficient (Wildman–Crippen LogP) is 1.73. The Morgan fingerprint density at radius 2 is 2.18 bits per heavy atom. The van der Waals surface area contributed by atoms with Gasteiger partial charge >= 0.3 is 5.97 Å². The van der Waals surface area contributed by atoms with Gasteiger partial charge in [-0.15, -0.1) is 0 Å². The molecule has 0 radical (unpaired) electrons. The topological polar surface area (TPSA) is 73.4 Å². The van der Waals surface area contributed by atoms with E-state index in [0.717, 1.165) is 0 Å². The minimum atomic E-state index is -0.832. The number of nitrogens with zero attached hydrogens (tertiary/aromatic N) is 1. The molecule has 1 aromatic heterocycles. The molecule has 1 heterocycles. The van der Waals surface area contributed by atoms with Gasteiger partial charge in [-0.25, -0.2) is 0 Å². The molecule has 17 heavy (non-hydrogen) atoms. The monoisotopic (exact) mass is 238 g/mol. The molecule has 5 nitrogen and oxygen atoms in total. The fourth-order valence-electron chi connectivity index (χ4n) is 1.61. The van der Waals surface area contributed by atoms with E-state index in [-0.39, 0.29) is 18.4 Å². The number of H-pyrrole nitrogens is 1. The van der Waals surface area contributed by atoms with Crippen LogP contribution in [0.15, 0.2) is 18.3 Å². The zero-order chi connectivity index (χ0) is 12.8. The van der Waals surface area contributed by atoms with Crippen molar-refractivity contribution in [2.75, 3.05) is 6.54 Å². The molecule has 0 unspecified atom stereocenters. The summed E-state index contributed by atoms with van der Waals surface area (Å²) in [4.78, 5) is 27.0. The predicted molar refractivity (Wildman–Crippen MR) is 63.8 cm³/mol. The lowest BCUT2D eigenvalue weighted by Gasteiger charge is -2.26. The van der Waals surface area contributed by atoms with Crippen molar-refractivity contribution >= 4 is 11.9 Å². The number of carbonyl (C=O) groups excluding carboxylic acids is 1. The number of carboxylic acid groups (broad SMARTS) is 1. The van der Waals surface area contributed by atoms with Gasteiger partial charge in [0.25, 0.3) is 5.91 Å². The number of hydrogen-bond acceptors (Lipinski definition) is 2. The van der Waals surface area contributed by atoms with Crippen LogP contribution in [0.25, 0.3) is 0 Å². The van der Waals surface area contributed by atoms with E-state index in [1.165, 1.54) is 0 Å². The van der Waals surface area contributed by atoms with Crippen molar-refractivity contribution < 1.29 is 14.7 Å². The maximum Gasteiger partial charge on any atom is 0.303 e. The molecule has 0 fully saturated rings. The Morgan fingerprint density at radius 1 is 1.47 bits per heavy atom. The molecule has 1 rings (SSSR count). The fourth-order valence-corrected chi connectivity index (χ4v) is 1.61. The molecule has 0 atom stereocenters. The fraction of sp³-hybridized carbons (Fsp3) is 0.500. The van der Waals surface area contributed by atoms with Gasteiger partial charge in [0.2, 0.25) is 0 Å². The van der Waals surface area contributed by atoms with Crippen LogP contribution in [0.1, 0.15) is 37.2 Å². The van der Waals surface area contributed by atoms with E-state index in [1.54, 1.807) is 23.2 Å². The second kappa shape index (κ2) is 6.08. The largest absolute Gasteiger partial charge is 0.481 e. The van der Waals surface area contributed by atoms with Gasteiger partial charge in [-0.3, -0.25) is 9.59 Å². The highest BCUT2D eigenvalue weighted by atomic mass is 16.4. The first kappa shape index (κ1) is 13.3. The lowest BCUT2D eigenvalue weighted by Crippen LogP contribution is -2.38. The average molecular weight is 238 g/mol. The lowest BCUT2D eigenvalue weighted by atomic mass is 10.2. The van der Waals surface area contributed by atoms with Crippen LogP contribution in [-0.4, -0.2) is 39.5 Å². The Morgan fingerprint density at radius 3 is 2.65 bits per heavy atom. The normalized spacial score (nSPS) is 10.5. The van der Waals surface area contributed by atoms with E-state index in [4.69, 9.17) is 5.11 Å². The highest BCUT2D eigenvalue weighted by Gasteiger charge is 2.19.